The maximum atomic E-state index is 12.9. The highest BCUT2D eigenvalue weighted by Crippen LogP contribution is 2.28. The fraction of sp³-hybridized carbons (Fsp3) is 0.138. The van der Waals surface area contributed by atoms with Gasteiger partial charge in [-0.25, -0.2) is 0 Å². The molecule has 0 radical (unpaired) electrons. The van der Waals surface area contributed by atoms with E-state index in [0.717, 1.165) is 23.2 Å². The molecule has 6 heteroatoms. The first kappa shape index (κ1) is 22.8. The molecule has 5 rings (SSSR count). The number of fused-ring (bicyclic) bond motifs is 1. The van der Waals surface area contributed by atoms with Crippen LogP contribution in [-0.4, -0.2) is 20.9 Å². The van der Waals surface area contributed by atoms with Crippen LogP contribution in [0.3, 0.4) is 0 Å². The van der Waals surface area contributed by atoms with Crippen LogP contribution in [0.4, 0.5) is 5.69 Å². The molecule has 0 aliphatic heterocycles. The molecule has 0 spiro atoms. The molecule has 1 heterocycles. The van der Waals surface area contributed by atoms with Crippen LogP contribution < -0.4 is 5.32 Å². The fourth-order valence-electron chi connectivity index (χ4n) is 3.97. The highest BCUT2D eigenvalue weighted by Gasteiger charge is 2.13. The number of rotatable bonds is 7. The third-order valence-electron chi connectivity index (χ3n) is 5.96. The van der Waals surface area contributed by atoms with Crippen molar-refractivity contribution in [2.45, 2.75) is 26.2 Å². The van der Waals surface area contributed by atoms with Crippen molar-refractivity contribution in [1.29, 1.82) is 0 Å². The van der Waals surface area contributed by atoms with Gasteiger partial charge in [-0.2, -0.15) is 4.80 Å². The average molecular weight is 481 g/mol. The molecule has 0 atom stereocenters. The van der Waals surface area contributed by atoms with E-state index in [1.807, 2.05) is 66.7 Å². The SMILES string of the molecule is CCCCc1ccc(-n2nc3cc(Cl)c(NC(=O)c4ccc(-c5ccccc5)cc4)cc3n2)cc1. The summed E-state index contributed by atoms with van der Waals surface area (Å²) >= 11 is 6.47. The van der Waals surface area contributed by atoms with Crippen LogP contribution in [0, 0.1) is 0 Å². The van der Waals surface area contributed by atoms with Crippen molar-refractivity contribution in [2.24, 2.45) is 0 Å². The van der Waals surface area contributed by atoms with E-state index in [0.29, 0.717) is 27.3 Å². The Labute approximate surface area is 209 Å². The minimum absolute atomic E-state index is 0.235. The van der Waals surface area contributed by atoms with E-state index in [-0.39, 0.29) is 5.91 Å². The van der Waals surface area contributed by atoms with E-state index in [1.165, 1.54) is 18.4 Å². The van der Waals surface area contributed by atoms with Gasteiger partial charge in [-0.3, -0.25) is 4.79 Å². The fourth-order valence-corrected chi connectivity index (χ4v) is 4.17. The Morgan fingerprint density at radius 2 is 1.51 bits per heavy atom. The standard InChI is InChI=1S/C29H25ClN4O/c1-2-3-7-20-10-16-24(17-11-20)34-32-27-18-25(30)26(19-28(27)33-34)31-29(35)23-14-12-22(13-15-23)21-8-5-4-6-9-21/h4-6,8-19H,2-3,7H2,1H3,(H,31,35). The van der Waals surface area contributed by atoms with Crippen molar-refractivity contribution in [3.05, 3.63) is 107 Å². The van der Waals surface area contributed by atoms with E-state index in [9.17, 15) is 4.79 Å². The Morgan fingerprint density at radius 1 is 0.857 bits per heavy atom. The Balaban J connectivity index is 1.34. The summed E-state index contributed by atoms with van der Waals surface area (Å²) in [6.45, 7) is 2.19. The first-order chi connectivity index (χ1) is 17.1. The van der Waals surface area contributed by atoms with Crippen LogP contribution in [0.1, 0.15) is 35.7 Å². The lowest BCUT2D eigenvalue weighted by atomic mass is 10.0. The number of hydrogen-bond donors (Lipinski definition) is 1. The van der Waals surface area contributed by atoms with Gasteiger partial charge in [0.25, 0.3) is 5.91 Å². The lowest BCUT2D eigenvalue weighted by molar-refractivity contribution is 0.102. The van der Waals surface area contributed by atoms with Gasteiger partial charge in [-0.1, -0.05) is 79.5 Å². The molecular weight excluding hydrogens is 456 g/mol. The second kappa shape index (κ2) is 10.1. The summed E-state index contributed by atoms with van der Waals surface area (Å²) in [6.07, 6.45) is 3.42. The summed E-state index contributed by atoms with van der Waals surface area (Å²) < 4.78 is 0. The zero-order valence-corrected chi connectivity index (χ0v) is 20.2. The number of carbonyl (C=O) groups is 1. The normalized spacial score (nSPS) is 11.0. The van der Waals surface area contributed by atoms with Gasteiger partial charge < -0.3 is 5.32 Å². The predicted molar refractivity (Wildman–Crippen MR) is 142 cm³/mol. The Bertz CT molecular complexity index is 1460. The van der Waals surface area contributed by atoms with E-state index in [1.54, 1.807) is 16.9 Å². The first-order valence-corrected chi connectivity index (χ1v) is 12.1. The summed E-state index contributed by atoms with van der Waals surface area (Å²) in [5.74, 6) is -0.235. The number of nitrogens with zero attached hydrogens (tertiary/aromatic N) is 3. The molecule has 1 N–H and O–H groups in total. The van der Waals surface area contributed by atoms with E-state index >= 15 is 0 Å². The number of benzene rings is 4. The quantitative estimate of drug-likeness (QED) is 0.265. The molecule has 0 aliphatic carbocycles. The first-order valence-electron chi connectivity index (χ1n) is 11.7. The monoisotopic (exact) mass is 480 g/mol. The molecule has 0 fully saturated rings. The van der Waals surface area contributed by atoms with Gasteiger partial charge in [0.2, 0.25) is 0 Å². The maximum Gasteiger partial charge on any atom is 0.255 e. The molecule has 1 aromatic heterocycles. The Kier molecular flexibility index (Phi) is 6.59. The largest absolute Gasteiger partial charge is 0.321 e. The van der Waals surface area contributed by atoms with E-state index < -0.39 is 0 Å². The van der Waals surface area contributed by atoms with Crippen molar-refractivity contribution < 1.29 is 4.79 Å². The molecule has 174 valence electrons. The van der Waals surface area contributed by atoms with Crippen molar-refractivity contribution in [2.75, 3.05) is 5.32 Å². The van der Waals surface area contributed by atoms with Crippen molar-refractivity contribution in [3.8, 4) is 16.8 Å². The van der Waals surface area contributed by atoms with Crippen LogP contribution in [0.15, 0.2) is 91.0 Å². The van der Waals surface area contributed by atoms with Crippen molar-refractivity contribution in [1.82, 2.24) is 15.0 Å². The van der Waals surface area contributed by atoms with Crippen LogP contribution in [0.25, 0.3) is 27.8 Å². The number of carbonyl (C=O) groups excluding carboxylic acids is 1. The lowest BCUT2D eigenvalue weighted by Crippen LogP contribution is -2.12. The topological polar surface area (TPSA) is 59.8 Å². The molecule has 0 saturated carbocycles. The van der Waals surface area contributed by atoms with Gasteiger partial charge in [0.05, 0.1) is 16.4 Å². The summed E-state index contributed by atoms with van der Waals surface area (Å²) in [5, 5.41) is 12.5. The number of aromatic nitrogens is 3. The van der Waals surface area contributed by atoms with Gasteiger partial charge in [0.15, 0.2) is 0 Å². The Morgan fingerprint density at radius 3 is 2.20 bits per heavy atom. The predicted octanol–water partition coefficient (Wildman–Crippen LogP) is 7.34. The van der Waals surface area contributed by atoms with Crippen LogP contribution >= 0.6 is 11.6 Å². The molecule has 35 heavy (non-hydrogen) atoms. The van der Waals surface area contributed by atoms with Crippen LogP contribution in [-0.2, 0) is 6.42 Å². The summed E-state index contributed by atoms with van der Waals surface area (Å²) in [6, 6.07) is 29.3. The van der Waals surface area contributed by atoms with E-state index in [4.69, 9.17) is 11.6 Å². The third-order valence-corrected chi connectivity index (χ3v) is 6.27. The summed E-state index contributed by atoms with van der Waals surface area (Å²) in [5.41, 5.74) is 6.70. The van der Waals surface area contributed by atoms with Crippen molar-refractivity contribution >= 4 is 34.2 Å². The zero-order chi connectivity index (χ0) is 24.2. The molecule has 1 amide bonds. The number of amides is 1. The number of halogens is 1. The van der Waals surface area contributed by atoms with Gasteiger partial charge >= 0.3 is 0 Å². The molecule has 0 saturated heterocycles. The minimum atomic E-state index is -0.235. The molecule has 4 aromatic carbocycles. The highest BCUT2D eigenvalue weighted by atomic mass is 35.5. The minimum Gasteiger partial charge on any atom is -0.321 e. The molecule has 5 nitrogen and oxygen atoms in total. The zero-order valence-electron chi connectivity index (χ0n) is 19.4. The Hall–Kier alpha value is -3.96. The molecule has 0 bridgehead atoms. The molecule has 0 aliphatic rings. The maximum absolute atomic E-state index is 12.9. The van der Waals surface area contributed by atoms with Gasteiger partial charge in [0.1, 0.15) is 11.0 Å². The molecule has 5 aromatic rings. The molecule has 0 unspecified atom stereocenters. The van der Waals surface area contributed by atoms with Crippen LogP contribution in [0.5, 0.6) is 0 Å². The number of aryl methyl sites for hydroxylation is 1. The second-order valence-electron chi connectivity index (χ2n) is 8.48. The van der Waals surface area contributed by atoms with E-state index in [2.05, 4.69) is 34.6 Å². The number of nitrogens with one attached hydrogen (secondary N) is 1. The number of anilines is 1. The summed E-state index contributed by atoms with van der Waals surface area (Å²) in [4.78, 5) is 14.5. The second-order valence-corrected chi connectivity index (χ2v) is 8.88. The van der Waals surface area contributed by atoms with Gasteiger partial charge in [0, 0.05) is 5.56 Å². The van der Waals surface area contributed by atoms with Crippen LogP contribution in [0.2, 0.25) is 5.02 Å². The highest BCUT2D eigenvalue weighted by molar-refractivity contribution is 6.34. The number of hydrogen-bond acceptors (Lipinski definition) is 3. The third kappa shape index (κ3) is 5.10. The summed E-state index contributed by atoms with van der Waals surface area (Å²) in [7, 11) is 0. The van der Waals surface area contributed by atoms with Gasteiger partial charge in [-0.15, -0.1) is 10.2 Å². The van der Waals surface area contributed by atoms with Crippen molar-refractivity contribution in [3.63, 3.8) is 0 Å². The van der Waals surface area contributed by atoms with Gasteiger partial charge in [-0.05, 0) is 65.9 Å². The molecular formula is C29H25ClN4O. The lowest BCUT2D eigenvalue weighted by Gasteiger charge is -2.08. The smallest absolute Gasteiger partial charge is 0.255 e. The average Bonchev–Trinajstić information content (AvgIpc) is 3.31. The number of unbranched alkanes of at least 4 members (excludes halogenated alkanes) is 1.